The van der Waals surface area contributed by atoms with Crippen LogP contribution in [0.4, 0.5) is 0 Å². The van der Waals surface area contributed by atoms with Crippen molar-refractivity contribution in [3.8, 4) is 0 Å². The van der Waals surface area contributed by atoms with Gasteiger partial charge in [0.25, 0.3) is 0 Å². The Hall–Kier alpha value is -0.860. The van der Waals surface area contributed by atoms with E-state index in [-0.39, 0.29) is 6.17 Å². The van der Waals surface area contributed by atoms with E-state index < -0.39 is 0 Å². The van der Waals surface area contributed by atoms with E-state index in [1.807, 2.05) is 0 Å². The van der Waals surface area contributed by atoms with Gasteiger partial charge in [0.2, 0.25) is 0 Å². The Kier molecular flexibility index (Phi) is 6.12. The summed E-state index contributed by atoms with van der Waals surface area (Å²) in [6.45, 7) is 5.40. The molecule has 0 spiro atoms. The van der Waals surface area contributed by atoms with Gasteiger partial charge in [-0.3, -0.25) is 0 Å². The lowest BCUT2D eigenvalue weighted by molar-refractivity contribution is 0.441. The fraction of sp³-hybridized carbons (Fsp3) is 0.571. The van der Waals surface area contributed by atoms with E-state index in [9.17, 15) is 0 Å². The molecule has 16 heavy (non-hydrogen) atoms. The summed E-state index contributed by atoms with van der Waals surface area (Å²) in [5, 5.41) is 3.35. The van der Waals surface area contributed by atoms with Crippen LogP contribution in [0.15, 0.2) is 30.3 Å². The molecular weight excluding hydrogens is 196 g/mol. The lowest BCUT2D eigenvalue weighted by Gasteiger charge is -2.15. The van der Waals surface area contributed by atoms with E-state index in [2.05, 4.69) is 49.5 Å². The smallest absolute Gasteiger partial charge is 0.0546 e. The summed E-state index contributed by atoms with van der Waals surface area (Å²) in [4.78, 5) is 0. The second-order valence-corrected chi connectivity index (χ2v) is 4.79. The van der Waals surface area contributed by atoms with Crippen LogP contribution in [0, 0.1) is 5.92 Å². The van der Waals surface area contributed by atoms with E-state index in [0.29, 0.717) is 5.92 Å². The number of hydrogen-bond donors (Lipinski definition) is 2. The summed E-state index contributed by atoms with van der Waals surface area (Å²) in [7, 11) is 0. The Balaban J connectivity index is 2.11. The van der Waals surface area contributed by atoms with E-state index in [1.54, 1.807) is 0 Å². The minimum absolute atomic E-state index is 0.145. The van der Waals surface area contributed by atoms with Crippen molar-refractivity contribution in [2.24, 2.45) is 11.7 Å². The maximum absolute atomic E-state index is 5.98. The maximum Gasteiger partial charge on any atom is 0.0546 e. The minimum Gasteiger partial charge on any atom is -0.316 e. The molecule has 0 bridgehead atoms. The van der Waals surface area contributed by atoms with Crippen LogP contribution in [-0.2, 0) is 6.42 Å². The highest BCUT2D eigenvalue weighted by molar-refractivity contribution is 5.14. The summed E-state index contributed by atoms with van der Waals surface area (Å²) in [5.74, 6) is 0.667. The molecule has 2 heteroatoms. The molecule has 3 N–H and O–H groups in total. The third-order valence-electron chi connectivity index (χ3n) is 2.61. The summed E-state index contributed by atoms with van der Waals surface area (Å²) in [5.41, 5.74) is 7.38. The van der Waals surface area contributed by atoms with E-state index in [0.717, 1.165) is 25.8 Å². The van der Waals surface area contributed by atoms with Gasteiger partial charge in [0, 0.05) is 0 Å². The lowest BCUT2D eigenvalue weighted by atomic mass is 10.1. The fourth-order valence-corrected chi connectivity index (χ4v) is 1.66. The van der Waals surface area contributed by atoms with Crippen molar-refractivity contribution in [1.82, 2.24) is 5.32 Å². The van der Waals surface area contributed by atoms with Crippen LogP contribution >= 0.6 is 0 Å². The van der Waals surface area contributed by atoms with Gasteiger partial charge in [-0.2, -0.15) is 0 Å². The summed E-state index contributed by atoms with van der Waals surface area (Å²) in [6.07, 6.45) is 3.46. The number of benzene rings is 1. The van der Waals surface area contributed by atoms with E-state index in [1.165, 1.54) is 5.56 Å². The Bertz CT molecular complexity index is 269. The molecule has 0 aliphatic carbocycles. The predicted octanol–water partition coefficient (Wildman–Crippen LogP) is 2.54. The molecule has 0 saturated heterocycles. The standard InChI is InChI=1S/C14H24N2/c1-12(2)11-16-14(15)10-6-9-13-7-4-3-5-8-13/h3-5,7-8,12,14,16H,6,9-11,15H2,1-2H3. The number of nitrogens with one attached hydrogen (secondary N) is 1. The van der Waals surface area contributed by atoms with Gasteiger partial charge in [0.05, 0.1) is 6.17 Å². The summed E-state index contributed by atoms with van der Waals surface area (Å²) in [6, 6.07) is 10.6. The zero-order valence-electron chi connectivity index (χ0n) is 10.4. The number of hydrogen-bond acceptors (Lipinski definition) is 2. The molecule has 0 radical (unpaired) electrons. The first kappa shape index (κ1) is 13.2. The molecule has 0 fully saturated rings. The van der Waals surface area contributed by atoms with Crippen LogP contribution in [0.1, 0.15) is 32.3 Å². The third-order valence-corrected chi connectivity index (χ3v) is 2.61. The van der Waals surface area contributed by atoms with Gasteiger partial charge in [-0.25, -0.2) is 0 Å². The molecule has 90 valence electrons. The second-order valence-electron chi connectivity index (χ2n) is 4.79. The largest absolute Gasteiger partial charge is 0.316 e. The number of aryl methyl sites for hydroxylation is 1. The highest BCUT2D eigenvalue weighted by atomic mass is 15.0. The van der Waals surface area contributed by atoms with Crippen LogP contribution in [-0.4, -0.2) is 12.7 Å². The van der Waals surface area contributed by atoms with Crippen LogP contribution in [0.25, 0.3) is 0 Å². The van der Waals surface area contributed by atoms with E-state index in [4.69, 9.17) is 5.73 Å². The topological polar surface area (TPSA) is 38.0 Å². The molecule has 2 nitrogen and oxygen atoms in total. The van der Waals surface area contributed by atoms with Gasteiger partial charge in [0.15, 0.2) is 0 Å². The van der Waals surface area contributed by atoms with Crippen molar-refractivity contribution >= 4 is 0 Å². The molecule has 0 aliphatic rings. The second kappa shape index (κ2) is 7.42. The highest BCUT2D eigenvalue weighted by Gasteiger charge is 2.02. The zero-order chi connectivity index (χ0) is 11.8. The molecular formula is C14H24N2. The molecule has 1 aromatic carbocycles. The van der Waals surface area contributed by atoms with Crippen molar-refractivity contribution in [1.29, 1.82) is 0 Å². The normalized spacial score (nSPS) is 13.0. The third kappa shape index (κ3) is 5.89. The van der Waals surface area contributed by atoms with Gasteiger partial charge < -0.3 is 11.1 Å². The molecule has 0 saturated carbocycles. The molecule has 0 amide bonds. The van der Waals surface area contributed by atoms with Crippen LogP contribution < -0.4 is 11.1 Å². The SMILES string of the molecule is CC(C)CNC(N)CCCc1ccccc1. The molecule has 0 heterocycles. The Morgan fingerprint density at radius 2 is 1.88 bits per heavy atom. The van der Waals surface area contributed by atoms with E-state index >= 15 is 0 Å². The number of nitrogens with two attached hydrogens (primary N) is 1. The van der Waals surface area contributed by atoms with Gasteiger partial charge >= 0.3 is 0 Å². The first-order valence-electron chi connectivity index (χ1n) is 6.21. The van der Waals surface area contributed by atoms with Gasteiger partial charge in [-0.15, -0.1) is 0 Å². The first-order valence-corrected chi connectivity index (χ1v) is 6.21. The monoisotopic (exact) mass is 220 g/mol. The minimum atomic E-state index is 0.145. The van der Waals surface area contributed by atoms with Crippen molar-refractivity contribution in [3.63, 3.8) is 0 Å². The molecule has 0 aliphatic heterocycles. The van der Waals surface area contributed by atoms with Crippen molar-refractivity contribution in [2.75, 3.05) is 6.54 Å². The van der Waals surface area contributed by atoms with Gasteiger partial charge in [-0.1, -0.05) is 44.2 Å². The highest BCUT2D eigenvalue weighted by Crippen LogP contribution is 2.05. The van der Waals surface area contributed by atoms with Crippen LogP contribution in [0.2, 0.25) is 0 Å². The Labute approximate surface area is 99.2 Å². The van der Waals surface area contributed by atoms with Crippen molar-refractivity contribution in [3.05, 3.63) is 35.9 Å². The van der Waals surface area contributed by atoms with Crippen molar-refractivity contribution < 1.29 is 0 Å². The molecule has 1 aromatic rings. The predicted molar refractivity (Wildman–Crippen MR) is 70.2 cm³/mol. The Morgan fingerprint density at radius 3 is 2.50 bits per heavy atom. The van der Waals surface area contributed by atoms with Gasteiger partial charge in [0.1, 0.15) is 0 Å². The van der Waals surface area contributed by atoms with Crippen LogP contribution in [0.5, 0.6) is 0 Å². The average Bonchev–Trinajstić information content (AvgIpc) is 2.28. The molecule has 0 aromatic heterocycles. The summed E-state index contributed by atoms with van der Waals surface area (Å²) < 4.78 is 0. The Morgan fingerprint density at radius 1 is 1.19 bits per heavy atom. The molecule has 1 unspecified atom stereocenters. The first-order chi connectivity index (χ1) is 7.68. The molecule has 1 atom stereocenters. The van der Waals surface area contributed by atoms with Gasteiger partial charge in [-0.05, 0) is 37.3 Å². The van der Waals surface area contributed by atoms with Crippen LogP contribution in [0.3, 0.4) is 0 Å². The van der Waals surface area contributed by atoms with Crippen molar-refractivity contribution in [2.45, 2.75) is 39.3 Å². The number of rotatable bonds is 7. The quantitative estimate of drug-likeness (QED) is 0.693. The molecule has 1 rings (SSSR count). The zero-order valence-corrected chi connectivity index (χ0v) is 10.4. The lowest BCUT2D eigenvalue weighted by Crippen LogP contribution is -2.39. The summed E-state index contributed by atoms with van der Waals surface area (Å²) >= 11 is 0. The maximum atomic E-state index is 5.98. The fourth-order valence-electron chi connectivity index (χ4n) is 1.66. The average molecular weight is 220 g/mol.